The smallest absolute Gasteiger partial charge is 0.238 e. The largest absolute Gasteiger partial charge is 0.354 e. The first-order chi connectivity index (χ1) is 9.13. The lowest BCUT2D eigenvalue weighted by molar-refractivity contribution is -0.121. The van der Waals surface area contributed by atoms with Gasteiger partial charge in [-0.05, 0) is 48.9 Å². The molecule has 1 N–H and O–H groups in total. The standard InChI is InChI=1S/C15H19FN2O/c1-10-2-5-13(16)6-12(10)8-18-9-14(18)15(19)17-7-11-3-4-11/h2,5-6,11,14H,3-4,7-9H2,1H3,(H,17,19). The summed E-state index contributed by atoms with van der Waals surface area (Å²) in [5.41, 5.74) is 2.04. The molecule has 1 heterocycles. The van der Waals surface area contributed by atoms with Crippen LogP contribution in [0.4, 0.5) is 4.39 Å². The first-order valence-corrected chi connectivity index (χ1v) is 6.90. The van der Waals surface area contributed by atoms with E-state index in [1.165, 1.54) is 18.9 Å². The zero-order valence-corrected chi connectivity index (χ0v) is 11.2. The van der Waals surface area contributed by atoms with Gasteiger partial charge in [0.25, 0.3) is 0 Å². The highest BCUT2D eigenvalue weighted by Gasteiger charge is 2.40. The third-order valence-electron chi connectivity index (χ3n) is 3.96. The lowest BCUT2D eigenvalue weighted by atomic mass is 10.1. The van der Waals surface area contributed by atoms with Crippen LogP contribution in [0.2, 0.25) is 0 Å². The van der Waals surface area contributed by atoms with Crippen molar-refractivity contribution in [1.29, 1.82) is 0 Å². The van der Waals surface area contributed by atoms with E-state index in [2.05, 4.69) is 10.2 Å². The average Bonchev–Trinajstić information content (AvgIpc) is 3.25. The van der Waals surface area contributed by atoms with Crippen LogP contribution in [0.1, 0.15) is 24.0 Å². The fraction of sp³-hybridized carbons (Fsp3) is 0.533. The molecule has 3 rings (SSSR count). The Morgan fingerprint density at radius 2 is 2.26 bits per heavy atom. The number of nitrogens with zero attached hydrogens (tertiary/aromatic N) is 1. The summed E-state index contributed by atoms with van der Waals surface area (Å²) in [6.07, 6.45) is 2.49. The molecule has 0 radical (unpaired) electrons. The molecule has 0 bridgehead atoms. The number of aryl methyl sites for hydroxylation is 1. The molecular formula is C15H19FN2O. The van der Waals surface area contributed by atoms with Crippen molar-refractivity contribution in [2.45, 2.75) is 32.4 Å². The fourth-order valence-electron chi connectivity index (χ4n) is 2.31. The summed E-state index contributed by atoms with van der Waals surface area (Å²) >= 11 is 0. The van der Waals surface area contributed by atoms with Gasteiger partial charge in [-0.25, -0.2) is 4.39 Å². The number of nitrogens with one attached hydrogen (secondary N) is 1. The predicted octanol–water partition coefficient (Wildman–Crippen LogP) is 1.84. The first kappa shape index (κ1) is 12.6. The van der Waals surface area contributed by atoms with Gasteiger partial charge in [0.1, 0.15) is 11.9 Å². The summed E-state index contributed by atoms with van der Waals surface area (Å²) in [4.78, 5) is 13.9. The zero-order valence-electron chi connectivity index (χ0n) is 11.2. The predicted molar refractivity (Wildman–Crippen MR) is 71.1 cm³/mol. The zero-order chi connectivity index (χ0) is 13.4. The average molecular weight is 262 g/mol. The molecule has 1 amide bonds. The van der Waals surface area contributed by atoms with Gasteiger partial charge in [-0.15, -0.1) is 0 Å². The van der Waals surface area contributed by atoms with Gasteiger partial charge in [0.2, 0.25) is 5.91 Å². The number of amides is 1. The van der Waals surface area contributed by atoms with Crippen LogP contribution in [-0.4, -0.2) is 29.9 Å². The van der Waals surface area contributed by atoms with E-state index in [4.69, 9.17) is 0 Å². The number of hydrogen-bond acceptors (Lipinski definition) is 2. The van der Waals surface area contributed by atoms with Crippen molar-refractivity contribution in [3.8, 4) is 0 Å². The van der Waals surface area contributed by atoms with Gasteiger partial charge in [-0.3, -0.25) is 9.69 Å². The Kier molecular flexibility index (Phi) is 3.27. The summed E-state index contributed by atoms with van der Waals surface area (Å²) in [6, 6.07) is 4.81. The number of benzene rings is 1. The number of carbonyl (C=O) groups is 1. The third-order valence-corrected chi connectivity index (χ3v) is 3.96. The van der Waals surface area contributed by atoms with Crippen LogP contribution in [0.3, 0.4) is 0 Å². The van der Waals surface area contributed by atoms with E-state index in [0.29, 0.717) is 12.5 Å². The maximum atomic E-state index is 13.2. The Morgan fingerprint density at radius 1 is 1.47 bits per heavy atom. The van der Waals surface area contributed by atoms with Gasteiger partial charge in [-0.2, -0.15) is 0 Å². The van der Waals surface area contributed by atoms with E-state index >= 15 is 0 Å². The molecule has 1 aliphatic heterocycles. The number of rotatable bonds is 5. The molecule has 1 saturated heterocycles. The second-order valence-corrected chi connectivity index (χ2v) is 5.70. The van der Waals surface area contributed by atoms with E-state index in [0.717, 1.165) is 24.2 Å². The van der Waals surface area contributed by atoms with Crippen LogP contribution in [0, 0.1) is 18.7 Å². The molecule has 2 atom stereocenters. The summed E-state index contributed by atoms with van der Waals surface area (Å²) < 4.78 is 13.2. The molecule has 1 saturated carbocycles. The van der Waals surface area contributed by atoms with Crippen LogP contribution in [0.25, 0.3) is 0 Å². The van der Waals surface area contributed by atoms with Crippen LogP contribution >= 0.6 is 0 Å². The summed E-state index contributed by atoms with van der Waals surface area (Å²) in [6.45, 7) is 4.24. The van der Waals surface area contributed by atoms with Gasteiger partial charge >= 0.3 is 0 Å². The van der Waals surface area contributed by atoms with E-state index in [1.807, 2.05) is 6.92 Å². The minimum absolute atomic E-state index is 0.0126. The SMILES string of the molecule is Cc1ccc(F)cc1CN1CC1C(=O)NCC1CC1. The van der Waals surface area contributed by atoms with Crippen molar-refractivity contribution < 1.29 is 9.18 Å². The molecule has 2 aliphatic rings. The van der Waals surface area contributed by atoms with Gasteiger partial charge in [0, 0.05) is 19.6 Å². The summed E-state index contributed by atoms with van der Waals surface area (Å²) in [7, 11) is 0. The number of hydrogen-bond donors (Lipinski definition) is 1. The second kappa shape index (κ2) is 4.93. The molecule has 1 aromatic carbocycles. The highest BCUT2D eigenvalue weighted by Crippen LogP contribution is 2.28. The summed E-state index contributed by atoms with van der Waals surface area (Å²) in [5.74, 6) is 0.625. The molecule has 3 nitrogen and oxygen atoms in total. The highest BCUT2D eigenvalue weighted by molar-refractivity contribution is 5.84. The van der Waals surface area contributed by atoms with Crippen LogP contribution < -0.4 is 5.32 Å². The van der Waals surface area contributed by atoms with Gasteiger partial charge in [0.15, 0.2) is 0 Å². The molecule has 1 aliphatic carbocycles. The van der Waals surface area contributed by atoms with Crippen molar-refractivity contribution >= 4 is 5.91 Å². The summed E-state index contributed by atoms with van der Waals surface area (Å²) in [5, 5.41) is 2.99. The third kappa shape index (κ3) is 3.13. The molecular weight excluding hydrogens is 243 g/mol. The van der Waals surface area contributed by atoms with Crippen molar-refractivity contribution in [2.24, 2.45) is 5.92 Å². The number of halogens is 1. The lowest BCUT2D eigenvalue weighted by Crippen LogP contribution is -2.31. The minimum atomic E-state index is -0.211. The van der Waals surface area contributed by atoms with Crippen molar-refractivity contribution in [2.75, 3.05) is 13.1 Å². The topological polar surface area (TPSA) is 32.1 Å². The fourth-order valence-corrected chi connectivity index (χ4v) is 2.31. The van der Waals surface area contributed by atoms with Crippen molar-refractivity contribution in [3.05, 3.63) is 35.1 Å². The van der Waals surface area contributed by atoms with Gasteiger partial charge < -0.3 is 5.32 Å². The first-order valence-electron chi connectivity index (χ1n) is 6.90. The monoisotopic (exact) mass is 262 g/mol. The van der Waals surface area contributed by atoms with Crippen molar-refractivity contribution in [1.82, 2.24) is 10.2 Å². The molecule has 0 aromatic heterocycles. The van der Waals surface area contributed by atoms with E-state index < -0.39 is 0 Å². The Balaban J connectivity index is 1.51. The quantitative estimate of drug-likeness (QED) is 0.821. The van der Waals surface area contributed by atoms with Gasteiger partial charge in [0.05, 0.1) is 0 Å². The minimum Gasteiger partial charge on any atom is -0.354 e. The maximum Gasteiger partial charge on any atom is 0.238 e. The molecule has 2 fully saturated rings. The van der Waals surface area contributed by atoms with E-state index in [1.54, 1.807) is 12.1 Å². The molecule has 1 aromatic rings. The van der Waals surface area contributed by atoms with Crippen LogP contribution in [0.5, 0.6) is 0 Å². The molecule has 2 unspecified atom stereocenters. The normalized spacial score (nSPS) is 25.2. The lowest BCUT2D eigenvalue weighted by Gasteiger charge is -2.08. The highest BCUT2D eigenvalue weighted by atomic mass is 19.1. The Bertz CT molecular complexity index is 499. The maximum absolute atomic E-state index is 13.2. The van der Waals surface area contributed by atoms with Crippen LogP contribution in [0.15, 0.2) is 18.2 Å². The Hall–Kier alpha value is -1.42. The molecule has 102 valence electrons. The van der Waals surface area contributed by atoms with E-state index in [9.17, 15) is 9.18 Å². The van der Waals surface area contributed by atoms with Crippen molar-refractivity contribution in [3.63, 3.8) is 0 Å². The van der Waals surface area contributed by atoms with E-state index in [-0.39, 0.29) is 17.8 Å². The molecule has 4 heteroatoms. The molecule has 19 heavy (non-hydrogen) atoms. The molecule has 0 spiro atoms. The Labute approximate surface area is 112 Å². The Morgan fingerprint density at radius 3 is 3.00 bits per heavy atom. The number of carbonyl (C=O) groups excluding carboxylic acids is 1. The van der Waals surface area contributed by atoms with Crippen LogP contribution in [-0.2, 0) is 11.3 Å². The second-order valence-electron chi connectivity index (χ2n) is 5.70. The van der Waals surface area contributed by atoms with Gasteiger partial charge in [-0.1, -0.05) is 6.07 Å².